The summed E-state index contributed by atoms with van der Waals surface area (Å²) >= 11 is 0. The van der Waals surface area contributed by atoms with E-state index in [9.17, 15) is 13.2 Å². The number of carbonyl (C=O) groups excluding carboxylic acids is 1. The van der Waals surface area contributed by atoms with E-state index < -0.39 is 10.0 Å². The molecule has 0 unspecified atom stereocenters. The molecular formula is C22H30N2O4S. The Morgan fingerprint density at radius 2 is 1.52 bits per heavy atom. The summed E-state index contributed by atoms with van der Waals surface area (Å²) in [6.07, 6.45) is 3.54. The Kier molecular flexibility index (Phi) is 9.15. The second-order valence-electron chi connectivity index (χ2n) is 6.79. The number of ether oxygens (including phenoxy) is 1. The van der Waals surface area contributed by atoms with Crippen LogP contribution in [0.3, 0.4) is 0 Å². The van der Waals surface area contributed by atoms with Crippen molar-refractivity contribution < 1.29 is 17.9 Å². The average Bonchev–Trinajstić information content (AvgIpc) is 2.73. The lowest BCUT2D eigenvalue weighted by Crippen LogP contribution is -2.33. The van der Waals surface area contributed by atoms with Crippen LogP contribution in [0.5, 0.6) is 5.75 Å². The molecule has 6 nitrogen and oxygen atoms in total. The minimum absolute atomic E-state index is 0.119. The molecule has 0 bridgehead atoms. The van der Waals surface area contributed by atoms with Crippen LogP contribution >= 0.6 is 0 Å². The second-order valence-corrected chi connectivity index (χ2v) is 8.72. The number of unbranched alkanes of at least 4 members (excludes halogenated alkanes) is 2. The van der Waals surface area contributed by atoms with Gasteiger partial charge in [-0.15, -0.1) is 0 Å². The van der Waals surface area contributed by atoms with E-state index in [0.717, 1.165) is 25.7 Å². The van der Waals surface area contributed by atoms with Crippen LogP contribution in [0.25, 0.3) is 0 Å². The van der Waals surface area contributed by atoms with Gasteiger partial charge in [0.2, 0.25) is 10.0 Å². The summed E-state index contributed by atoms with van der Waals surface area (Å²) in [6.45, 7) is 5.02. The molecular weight excluding hydrogens is 388 g/mol. The minimum atomic E-state index is -3.54. The predicted molar refractivity (Wildman–Crippen MR) is 116 cm³/mol. The molecule has 1 N–H and O–H groups in total. The first-order valence-electron chi connectivity index (χ1n) is 10.0. The number of hydrogen-bond acceptors (Lipinski definition) is 4. The normalized spacial score (nSPS) is 11.4. The monoisotopic (exact) mass is 418 g/mol. The van der Waals surface area contributed by atoms with Crippen LogP contribution in [-0.2, 0) is 14.8 Å². The Bertz CT molecular complexity index is 844. The van der Waals surface area contributed by atoms with Gasteiger partial charge in [0.05, 0.1) is 4.90 Å². The molecule has 29 heavy (non-hydrogen) atoms. The topological polar surface area (TPSA) is 75.7 Å². The molecule has 2 aromatic rings. The van der Waals surface area contributed by atoms with Gasteiger partial charge in [-0.3, -0.25) is 4.79 Å². The third kappa shape index (κ3) is 7.18. The number of para-hydroxylation sites is 1. The summed E-state index contributed by atoms with van der Waals surface area (Å²) in [5.41, 5.74) is 0.527. The molecule has 2 aromatic carbocycles. The zero-order valence-electron chi connectivity index (χ0n) is 17.1. The Labute approximate surface area is 173 Å². The van der Waals surface area contributed by atoms with Crippen molar-refractivity contribution in [3.63, 3.8) is 0 Å². The Hall–Kier alpha value is -2.38. The number of carbonyl (C=O) groups is 1. The van der Waals surface area contributed by atoms with Crippen LogP contribution in [0.4, 0.5) is 5.69 Å². The van der Waals surface area contributed by atoms with Gasteiger partial charge in [-0.25, -0.2) is 8.42 Å². The SMILES string of the molecule is CCCCN(CCCC)S(=O)(=O)c1ccc(NC(=O)COc2ccccc2)cc1. The molecule has 0 saturated heterocycles. The fraction of sp³-hybridized carbons (Fsp3) is 0.409. The van der Waals surface area contributed by atoms with E-state index in [-0.39, 0.29) is 17.4 Å². The van der Waals surface area contributed by atoms with E-state index >= 15 is 0 Å². The van der Waals surface area contributed by atoms with Gasteiger partial charge in [-0.05, 0) is 49.2 Å². The lowest BCUT2D eigenvalue weighted by atomic mass is 10.3. The Morgan fingerprint density at radius 1 is 0.931 bits per heavy atom. The maximum Gasteiger partial charge on any atom is 0.262 e. The van der Waals surface area contributed by atoms with Crippen molar-refractivity contribution in [2.45, 2.75) is 44.4 Å². The average molecular weight is 419 g/mol. The maximum atomic E-state index is 13.0. The van der Waals surface area contributed by atoms with Gasteiger partial charge in [-0.2, -0.15) is 4.31 Å². The predicted octanol–water partition coefficient (Wildman–Crippen LogP) is 4.30. The molecule has 0 saturated carbocycles. The van der Waals surface area contributed by atoms with Crippen molar-refractivity contribution in [2.75, 3.05) is 25.0 Å². The van der Waals surface area contributed by atoms with Gasteiger partial charge in [0.1, 0.15) is 5.75 Å². The Morgan fingerprint density at radius 3 is 2.07 bits per heavy atom. The van der Waals surface area contributed by atoms with Crippen molar-refractivity contribution >= 4 is 21.6 Å². The molecule has 0 fully saturated rings. The summed E-state index contributed by atoms with van der Waals surface area (Å²) < 4.78 is 32.9. The summed E-state index contributed by atoms with van der Waals surface area (Å²) in [5.74, 6) is 0.306. The van der Waals surface area contributed by atoms with Gasteiger partial charge >= 0.3 is 0 Å². The maximum absolute atomic E-state index is 13.0. The minimum Gasteiger partial charge on any atom is -0.484 e. The molecule has 2 rings (SSSR count). The first-order valence-corrected chi connectivity index (χ1v) is 11.5. The molecule has 0 aliphatic rings. The number of anilines is 1. The fourth-order valence-corrected chi connectivity index (χ4v) is 4.26. The van der Waals surface area contributed by atoms with Crippen LogP contribution in [0, 0.1) is 0 Å². The van der Waals surface area contributed by atoms with Gasteiger partial charge < -0.3 is 10.1 Å². The fourth-order valence-electron chi connectivity index (χ4n) is 2.74. The molecule has 0 aliphatic carbocycles. The zero-order chi connectivity index (χ0) is 21.1. The largest absolute Gasteiger partial charge is 0.484 e. The van der Waals surface area contributed by atoms with Crippen molar-refractivity contribution in [1.82, 2.24) is 4.31 Å². The van der Waals surface area contributed by atoms with Crippen LogP contribution in [-0.4, -0.2) is 38.3 Å². The Balaban J connectivity index is 1.98. The van der Waals surface area contributed by atoms with Gasteiger partial charge in [0.15, 0.2) is 6.61 Å². The highest BCUT2D eigenvalue weighted by atomic mass is 32.2. The van der Waals surface area contributed by atoms with E-state index in [2.05, 4.69) is 5.32 Å². The third-order valence-electron chi connectivity index (χ3n) is 4.41. The molecule has 0 spiro atoms. The van der Waals surface area contributed by atoms with E-state index in [4.69, 9.17) is 4.74 Å². The lowest BCUT2D eigenvalue weighted by molar-refractivity contribution is -0.118. The molecule has 7 heteroatoms. The summed E-state index contributed by atoms with van der Waals surface area (Å²) in [6, 6.07) is 15.4. The zero-order valence-corrected chi connectivity index (χ0v) is 18.0. The highest BCUT2D eigenvalue weighted by Crippen LogP contribution is 2.20. The van der Waals surface area contributed by atoms with Crippen molar-refractivity contribution in [3.8, 4) is 5.75 Å². The number of sulfonamides is 1. The van der Waals surface area contributed by atoms with Crippen molar-refractivity contribution in [2.24, 2.45) is 0 Å². The molecule has 0 aromatic heterocycles. The quantitative estimate of drug-likeness (QED) is 0.558. The number of nitrogens with zero attached hydrogens (tertiary/aromatic N) is 1. The highest BCUT2D eigenvalue weighted by molar-refractivity contribution is 7.89. The molecule has 158 valence electrons. The van der Waals surface area contributed by atoms with Crippen LogP contribution in [0.2, 0.25) is 0 Å². The molecule has 0 radical (unpaired) electrons. The number of rotatable bonds is 12. The lowest BCUT2D eigenvalue weighted by Gasteiger charge is -2.22. The molecule has 0 atom stereocenters. The van der Waals surface area contributed by atoms with E-state index in [1.807, 2.05) is 32.0 Å². The summed E-state index contributed by atoms with van der Waals surface area (Å²) in [7, 11) is -3.54. The first-order chi connectivity index (χ1) is 14.0. The third-order valence-corrected chi connectivity index (χ3v) is 6.32. The molecule has 1 amide bonds. The van der Waals surface area contributed by atoms with Crippen molar-refractivity contribution in [1.29, 1.82) is 0 Å². The smallest absolute Gasteiger partial charge is 0.262 e. The van der Waals surface area contributed by atoms with E-state index in [1.54, 1.807) is 28.6 Å². The molecule has 0 aliphatic heterocycles. The number of benzene rings is 2. The van der Waals surface area contributed by atoms with Gasteiger partial charge in [0.25, 0.3) is 5.91 Å². The second kappa shape index (κ2) is 11.6. The first kappa shape index (κ1) is 22.9. The van der Waals surface area contributed by atoms with Crippen LogP contribution in [0.15, 0.2) is 59.5 Å². The van der Waals surface area contributed by atoms with Crippen LogP contribution < -0.4 is 10.1 Å². The van der Waals surface area contributed by atoms with Gasteiger partial charge in [0, 0.05) is 18.8 Å². The summed E-state index contributed by atoms with van der Waals surface area (Å²) in [5, 5.41) is 2.72. The number of amides is 1. The van der Waals surface area contributed by atoms with Crippen LogP contribution in [0.1, 0.15) is 39.5 Å². The van der Waals surface area contributed by atoms with E-state index in [0.29, 0.717) is 24.5 Å². The standard InChI is InChI=1S/C22H30N2O4S/c1-3-5-16-24(17-6-4-2)29(26,27)21-14-12-19(13-15-21)23-22(25)18-28-20-10-8-7-9-11-20/h7-15H,3-6,16-18H2,1-2H3,(H,23,25). The highest BCUT2D eigenvalue weighted by Gasteiger charge is 2.23. The molecule has 0 heterocycles. The number of nitrogens with one attached hydrogen (secondary N) is 1. The van der Waals surface area contributed by atoms with Gasteiger partial charge in [-0.1, -0.05) is 44.9 Å². The number of hydrogen-bond donors (Lipinski definition) is 1. The van der Waals surface area contributed by atoms with Crippen molar-refractivity contribution in [3.05, 3.63) is 54.6 Å². The summed E-state index contributed by atoms with van der Waals surface area (Å²) in [4.78, 5) is 12.3. The van der Waals surface area contributed by atoms with E-state index in [1.165, 1.54) is 12.1 Å².